The van der Waals surface area contributed by atoms with Crippen LogP contribution in [0.3, 0.4) is 0 Å². The van der Waals surface area contributed by atoms with Gasteiger partial charge in [-0.15, -0.1) is 0 Å². The Morgan fingerprint density at radius 3 is 2.63 bits per heavy atom. The molecule has 1 saturated heterocycles. The Balaban J connectivity index is 1.82. The second-order valence-electron chi connectivity index (χ2n) is 5.78. The number of amides is 2. The van der Waals surface area contributed by atoms with Crippen molar-refractivity contribution in [3.63, 3.8) is 0 Å². The van der Waals surface area contributed by atoms with Crippen LogP contribution in [0.25, 0.3) is 0 Å². The molecule has 0 unspecified atom stereocenters. The van der Waals surface area contributed by atoms with E-state index in [0.29, 0.717) is 32.0 Å². The zero-order chi connectivity index (χ0) is 14.0. The molecule has 0 aromatic heterocycles. The van der Waals surface area contributed by atoms with Crippen molar-refractivity contribution in [3.05, 3.63) is 0 Å². The zero-order valence-corrected chi connectivity index (χ0v) is 11.3. The van der Waals surface area contributed by atoms with Gasteiger partial charge < -0.3 is 20.0 Å². The molecular weight excluding hydrogens is 248 g/mol. The van der Waals surface area contributed by atoms with Gasteiger partial charge in [-0.25, -0.2) is 4.79 Å². The Hall–Kier alpha value is -1.30. The maximum atomic E-state index is 12.2. The highest BCUT2D eigenvalue weighted by atomic mass is 16.4. The van der Waals surface area contributed by atoms with Gasteiger partial charge in [-0.1, -0.05) is 0 Å². The molecule has 2 fully saturated rings. The lowest BCUT2D eigenvalue weighted by Crippen LogP contribution is -2.49. The molecule has 0 aromatic rings. The fraction of sp³-hybridized carbons (Fsp3) is 0.846. The van der Waals surface area contributed by atoms with Crippen molar-refractivity contribution in [1.82, 2.24) is 9.80 Å². The Labute approximate surface area is 113 Å². The number of aliphatic carboxylic acids is 1. The number of carbonyl (C=O) groups excluding carboxylic acids is 1. The number of aliphatic hydroxyl groups is 1. The Kier molecular flexibility index (Phi) is 4.29. The first-order valence-electron chi connectivity index (χ1n) is 6.88. The fourth-order valence-electron chi connectivity index (χ4n) is 2.91. The molecule has 0 bridgehead atoms. The molecule has 19 heavy (non-hydrogen) atoms. The van der Waals surface area contributed by atoms with E-state index in [1.54, 1.807) is 16.8 Å². The van der Waals surface area contributed by atoms with Gasteiger partial charge in [-0.3, -0.25) is 4.79 Å². The summed E-state index contributed by atoms with van der Waals surface area (Å²) in [5.74, 6) is -0.872. The molecule has 0 spiro atoms. The topological polar surface area (TPSA) is 81.1 Å². The van der Waals surface area contributed by atoms with Crippen LogP contribution in [-0.4, -0.2) is 64.8 Å². The van der Waals surface area contributed by atoms with E-state index in [1.807, 2.05) is 0 Å². The lowest BCUT2D eigenvalue weighted by molar-refractivity contribution is -0.143. The third-order valence-corrected chi connectivity index (χ3v) is 4.11. The number of aliphatic hydroxyl groups excluding tert-OH is 1. The third kappa shape index (κ3) is 3.37. The highest BCUT2D eigenvalue weighted by Crippen LogP contribution is 2.28. The summed E-state index contributed by atoms with van der Waals surface area (Å²) in [7, 11) is 1.75. The van der Waals surface area contributed by atoms with Gasteiger partial charge >= 0.3 is 12.0 Å². The number of likely N-dealkylation sites (tertiary alicyclic amines) is 1. The van der Waals surface area contributed by atoms with Gasteiger partial charge in [-0.2, -0.15) is 0 Å². The smallest absolute Gasteiger partial charge is 0.319 e. The summed E-state index contributed by atoms with van der Waals surface area (Å²) in [5.41, 5.74) is 0. The number of carboxylic acids is 1. The third-order valence-electron chi connectivity index (χ3n) is 4.11. The average Bonchev–Trinajstić information content (AvgIpc) is 2.36. The number of piperidine rings is 1. The number of urea groups is 1. The molecule has 0 aromatic carbocycles. The van der Waals surface area contributed by atoms with Crippen LogP contribution in [-0.2, 0) is 4.79 Å². The maximum Gasteiger partial charge on any atom is 0.319 e. The predicted octanol–water partition coefficient (Wildman–Crippen LogP) is 0.606. The van der Waals surface area contributed by atoms with Crippen molar-refractivity contribution in [2.24, 2.45) is 11.8 Å². The van der Waals surface area contributed by atoms with Gasteiger partial charge in [0.2, 0.25) is 0 Å². The van der Waals surface area contributed by atoms with Crippen molar-refractivity contribution in [2.45, 2.75) is 31.8 Å². The minimum Gasteiger partial charge on any atom is -0.481 e. The largest absolute Gasteiger partial charge is 0.481 e. The number of hydrogen-bond acceptors (Lipinski definition) is 3. The van der Waals surface area contributed by atoms with E-state index in [0.717, 1.165) is 19.3 Å². The molecule has 108 valence electrons. The van der Waals surface area contributed by atoms with Crippen molar-refractivity contribution >= 4 is 12.0 Å². The summed E-state index contributed by atoms with van der Waals surface area (Å²) >= 11 is 0. The zero-order valence-electron chi connectivity index (χ0n) is 11.3. The van der Waals surface area contributed by atoms with Crippen LogP contribution in [0.15, 0.2) is 0 Å². The first-order valence-corrected chi connectivity index (χ1v) is 6.88. The van der Waals surface area contributed by atoms with Gasteiger partial charge in [-0.05, 0) is 31.6 Å². The van der Waals surface area contributed by atoms with Crippen LogP contribution in [0, 0.1) is 11.8 Å². The van der Waals surface area contributed by atoms with E-state index in [1.165, 1.54) is 0 Å². The molecule has 2 rings (SSSR count). The molecule has 1 saturated carbocycles. The summed E-state index contributed by atoms with van der Waals surface area (Å²) in [6.07, 6.45) is 2.71. The van der Waals surface area contributed by atoms with E-state index in [2.05, 4.69) is 0 Å². The minimum absolute atomic E-state index is 0.0904. The molecule has 2 aliphatic rings. The van der Waals surface area contributed by atoms with Crippen LogP contribution in [0.4, 0.5) is 4.79 Å². The van der Waals surface area contributed by atoms with E-state index < -0.39 is 11.9 Å². The summed E-state index contributed by atoms with van der Waals surface area (Å²) in [6, 6.07) is -0.0904. The SMILES string of the molecule is CN(CC1CC(O)C1)C(=O)N1CCC[C@H](C(=O)O)C1. The Morgan fingerprint density at radius 2 is 2.05 bits per heavy atom. The lowest BCUT2D eigenvalue weighted by Gasteiger charge is -2.38. The molecule has 6 nitrogen and oxygen atoms in total. The standard InChI is InChI=1S/C13H22N2O4/c1-14(7-9-5-11(16)6-9)13(19)15-4-2-3-10(8-15)12(17)18/h9-11,16H,2-8H2,1H3,(H,17,18)/t9?,10-,11?/m0/s1. The van der Waals surface area contributed by atoms with Crippen LogP contribution < -0.4 is 0 Å². The number of carboxylic acid groups (broad SMARTS) is 1. The molecule has 1 aliphatic carbocycles. The van der Waals surface area contributed by atoms with E-state index in [9.17, 15) is 14.7 Å². The monoisotopic (exact) mass is 270 g/mol. The molecule has 6 heteroatoms. The van der Waals surface area contributed by atoms with Crippen molar-refractivity contribution in [1.29, 1.82) is 0 Å². The Morgan fingerprint density at radius 1 is 1.37 bits per heavy atom. The number of hydrogen-bond donors (Lipinski definition) is 2. The van der Waals surface area contributed by atoms with Gasteiger partial charge in [0.05, 0.1) is 12.0 Å². The second kappa shape index (κ2) is 5.77. The van der Waals surface area contributed by atoms with Gasteiger partial charge in [0, 0.05) is 26.7 Å². The molecule has 0 radical (unpaired) electrons. The fourth-order valence-corrected chi connectivity index (χ4v) is 2.91. The van der Waals surface area contributed by atoms with Crippen LogP contribution in [0.5, 0.6) is 0 Å². The summed E-state index contributed by atoms with van der Waals surface area (Å²) < 4.78 is 0. The summed E-state index contributed by atoms with van der Waals surface area (Å²) in [6.45, 7) is 1.59. The maximum absolute atomic E-state index is 12.2. The van der Waals surface area contributed by atoms with Crippen LogP contribution >= 0.6 is 0 Å². The number of rotatable bonds is 3. The van der Waals surface area contributed by atoms with Crippen molar-refractivity contribution in [2.75, 3.05) is 26.7 Å². The van der Waals surface area contributed by atoms with Crippen molar-refractivity contribution in [3.8, 4) is 0 Å². The normalized spacial score (nSPS) is 30.6. The first kappa shape index (κ1) is 14.1. The minimum atomic E-state index is -0.817. The average molecular weight is 270 g/mol. The van der Waals surface area contributed by atoms with Gasteiger partial charge in [0.15, 0.2) is 0 Å². The molecule has 1 heterocycles. The van der Waals surface area contributed by atoms with Gasteiger partial charge in [0.25, 0.3) is 0 Å². The molecule has 1 atom stereocenters. The Bertz CT molecular complexity index is 355. The quantitative estimate of drug-likeness (QED) is 0.787. The number of nitrogens with zero attached hydrogens (tertiary/aromatic N) is 2. The molecule has 2 amide bonds. The van der Waals surface area contributed by atoms with E-state index >= 15 is 0 Å². The number of carbonyl (C=O) groups is 2. The molecular formula is C13H22N2O4. The highest BCUT2D eigenvalue weighted by Gasteiger charge is 2.32. The summed E-state index contributed by atoms with van der Waals surface area (Å²) in [4.78, 5) is 26.5. The first-order chi connectivity index (χ1) is 8.97. The van der Waals surface area contributed by atoms with E-state index in [-0.39, 0.29) is 12.1 Å². The van der Waals surface area contributed by atoms with Crippen molar-refractivity contribution < 1.29 is 19.8 Å². The van der Waals surface area contributed by atoms with Crippen LogP contribution in [0.1, 0.15) is 25.7 Å². The second-order valence-corrected chi connectivity index (χ2v) is 5.78. The summed E-state index contributed by atoms with van der Waals surface area (Å²) in [5, 5.41) is 18.3. The molecule has 2 N–H and O–H groups in total. The molecule has 1 aliphatic heterocycles. The van der Waals surface area contributed by atoms with Crippen LogP contribution in [0.2, 0.25) is 0 Å². The van der Waals surface area contributed by atoms with Gasteiger partial charge in [0.1, 0.15) is 0 Å². The highest BCUT2D eigenvalue weighted by molar-refractivity contribution is 5.76. The predicted molar refractivity (Wildman–Crippen MR) is 68.7 cm³/mol. The lowest BCUT2D eigenvalue weighted by atomic mass is 9.82. The van der Waals surface area contributed by atoms with E-state index in [4.69, 9.17) is 5.11 Å².